The number of rotatable bonds is 7. The molecule has 1 aliphatic heterocycles. The number of hydrogen-bond acceptors (Lipinski definition) is 6. The number of thiophene rings is 1. The molecular weight excluding hydrogens is 468 g/mol. The molecule has 1 aromatic carbocycles. The van der Waals surface area contributed by atoms with Gasteiger partial charge in [0.15, 0.2) is 5.16 Å². The number of nitrogens with zero attached hydrogens (tertiary/aromatic N) is 2. The van der Waals surface area contributed by atoms with Gasteiger partial charge in [-0.15, -0.1) is 11.3 Å². The number of benzene rings is 1. The highest BCUT2D eigenvalue weighted by Crippen LogP contribution is 2.31. The third kappa shape index (κ3) is 4.97. The first-order chi connectivity index (χ1) is 15.8. The number of nitrogens with one attached hydrogen (secondary N) is 1. The average molecular weight is 494 g/mol. The number of ether oxygens (including phenoxy) is 1. The smallest absolute Gasteiger partial charge is 0.263 e. The van der Waals surface area contributed by atoms with Crippen molar-refractivity contribution in [1.82, 2.24) is 9.55 Å². The molecule has 33 heavy (non-hydrogen) atoms. The molecule has 0 bridgehead atoms. The molecule has 1 aliphatic rings. The van der Waals surface area contributed by atoms with Crippen LogP contribution in [0.1, 0.15) is 37.1 Å². The molecule has 0 radical (unpaired) electrons. The highest BCUT2D eigenvalue weighted by molar-refractivity contribution is 8.00. The molecule has 6 nitrogen and oxygen atoms in total. The van der Waals surface area contributed by atoms with Gasteiger partial charge < -0.3 is 10.1 Å². The maximum Gasteiger partial charge on any atom is 0.263 e. The molecule has 3 aromatic rings. The van der Waals surface area contributed by atoms with Crippen LogP contribution in [-0.2, 0) is 22.5 Å². The van der Waals surface area contributed by atoms with Gasteiger partial charge in [0, 0.05) is 17.6 Å². The number of carbonyl (C=O) groups excluding carboxylic acids is 1. The average Bonchev–Trinajstić information content (AvgIpc) is 3.40. The van der Waals surface area contributed by atoms with Gasteiger partial charge in [-0.25, -0.2) is 13.8 Å². The van der Waals surface area contributed by atoms with Crippen LogP contribution in [0.2, 0.25) is 0 Å². The van der Waals surface area contributed by atoms with Crippen LogP contribution in [0.25, 0.3) is 10.2 Å². The summed E-state index contributed by atoms with van der Waals surface area (Å²) in [7, 11) is 0. The van der Waals surface area contributed by atoms with E-state index in [0.29, 0.717) is 28.5 Å². The van der Waals surface area contributed by atoms with Crippen molar-refractivity contribution in [2.75, 3.05) is 11.9 Å². The summed E-state index contributed by atoms with van der Waals surface area (Å²) in [6, 6.07) is 2.88. The number of amides is 1. The van der Waals surface area contributed by atoms with Crippen molar-refractivity contribution in [3.8, 4) is 0 Å². The normalized spacial score (nSPS) is 16.9. The lowest BCUT2D eigenvalue weighted by molar-refractivity contribution is -0.115. The molecule has 10 heteroatoms. The summed E-state index contributed by atoms with van der Waals surface area (Å²) in [5.41, 5.74) is 0.634. The van der Waals surface area contributed by atoms with E-state index in [4.69, 9.17) is 9.72 Å². The van der Waals surface area contributed by atoms with Crippen LogP contribution in [-0.4, -0.2) is 33.4 Å². The highest BCUT2D eigenvalue weighted by Gasteiger charge is 2.25. The lowest BCUT2D eigenvalue weighted by Crippen LogP contribution is -2.30. The number of aryl methyl sites for hydroxylation is 2. The monoisotopic (exact) mass is 493 g/mol. The number of aromatic nitrogens is 2. The Kier molecular flexibility index (Phi) is 7.16. The first-order valence-corrected chi connectivity index (χ1v) is 12.5. The van der Waals surface area contributed by atoms with E-state index in [9.17, 15) is 18.4 Å². The second kappa shape index (κ2) is 9.90. The largest absolute Gasteiger partial charge is 0.376 e. The zero-order chi connectivity index (χ0) is 23.7. The van der Waals surface area contributed by atoms with Crippen molar-refractivity contribution in [3.63, 3.8) is 0 Å². The molecule has 1 N–H and O–H groups in total. The van der Waals surface area contributed by atoms with Crippen molar-refractivity contribution in [3.05, 3.63) is 50.6 Å². The third-order valence-electron chi connectivity index (χ3n) is 5.68. The highest BCUT2D eigenvalue weighted by atomic mass is 32.2. The van der Waals surface area contributed by atoms with Gasteiger partial charge in [-0.3, -0.25) is 14.2 Å². The molecule has 2 atom stereocenters. The van der Waals surface area contributed by atoms with E-state index in [1.54, 1.807) is 11.5 Å². The molecule has 0 saturated carbocycles. The second-order valence-corrected chi connectivity index (χ2v) is 10.5. The van der Waals surface area contributed by atoms with Crippen molar-refractivity contribution in [2.24, 2.45) is 0 Å². The van der Waals surface area contributed by atoms with Gasteiger partial charge >= 0.3 is 0 Å². The van der Waals surface area contributed by atoms with Gasteiger partial charge in [0.05, 0.1) is 29.0 Å². The molecule has 0 aliphatic carbocycles. The van der Waals surface area contributed by atoms with Gasteiger partial charge in [-0.1, -0.05) is 18.7 Å². The Hall–Kier alpha value is -2.30. The zero-order valence-electron chi connectivity index (χ0n) is 18.6. The Labute approximate surface area is 198 Å². The minimum Gasteiger partial charge on any atom is -0.376 e. The third-order valence-corrected chi connectivity index (χ3v) is 7.81. The quantitative estimate of drug-likeness (QED) is 0.374. The SMILES string of the molecule is CCc1c(C)sc2nc(SC(C)C(=O)Nc3cc(F)ccc3F)n(CC3CCCO3)c(=O)c12. The number of fused-ring (bicyclic) bond motifs is 1. The molecule has 1 fully saturated rings. The molecule has 1 saturated heterocycles. The van der Waals surface area contributed by atoms with Crippen molar-refractivity contribution in [1.29, 1.82) is 0 Å². The van der Waals surface area contributed by atoms with E-state index in [1.807, 2.05) is 13.8 Å². The molecule has 0 spiro atoms. The van der Waals surface area contributed by atoms with Crippen LogP contribution in [0.5, 0.6) is 0 Å². The Morgan fingerprint density at radius 3 is 2.91 bits per heavy atom. The van der Waals surface area contributed by atoms with Gasteiger partial charge in [-0.2, -0.15) is 0 Å². The first kappa shape index (κ1) is 23.8. The van der Waals surface area contributed by atoms with E-state index in [0.717, 1.165) is 59.7 Å². The predicted molar refractivity (Wildman–Crippen MR) is 127 cm³/mol. The number of hydrogen-bond donors (Lipinski definition) is 1. The topological polar surface area (TPSA) is 73.2 Å². The van der Waals surface area contributed by atoms with Gasteiger partial charge in [0.2, 0.25) is 5.91 Å². The van der Waals surface area contributed by atoms with E-state index in [1.165, 1.54) is 11.3 Å². The lowest BCUT2D eigenvalue weighted by Gasteiger charge is -2.18. The van der Waals surface area contributed by atoms with Crippen molar-refractivity contribution in [2.45, 2.75) is 63.1 Å². The van der Waals surface area contributed by atoms with E-state index >= 15 is 0 Å². The molecule has 1 amide bonds. The number of anilines is 1. The minimum atomic E-state index is -0.724. The van der Waals surface area contributed by atoms with Crippen LogP contribution in [0.4, 0.5) is 14.5 Å². The standard InChI is InChI=1S/C23H25F2N3O3S2/c1-4-16-12(2)32-21-19(16)22(30)28(11-15-6-5-9-31-15)23(27-21)33-13(3)20(29)26-18-10-14(24)7-8-17(18)25/h7-8,10,13,15H,4-6,9,11H2,1-3H3,(H,26,29). The van der Waals surface area contributed by atoms with E-state index < -0.39 is 22.8 Å². The van der Waals surface area contributed by atoms with Gasteiger partial charge in [0.1, 0.15) is 16.5 Å². The summed E-state index contributed by atoms with van der Waals surface area (Å²) in [5, 5.41) is 2.75. The Bertz CT molecular complexity index is 1250. The summed E-state index contributed by atoms with van der Waals surface area (Å²) < 4.78 is 34.8. The molecule has 176 valence electrons. The molecule has 2 unspecified atom stereocenters. The number of carbonyl (C=O) groups is 1. The number of halogens is 2. The van der Waals surface area contributed by atoms with Crippen LogP contribution in [0.15, 0.2) is 28.2 Å². The predicted octanol–water partition coefficient (Wildman–Crippen LogP) is 4.91. The molecule has 4 rings (SSSR count). The molecule has 2 aromatic heterocycles. The van der Waals surface area contributed by atoms with Crippen molar-refractivity contribution < 1.29 is 18.3 Å². The fraction of sp³-hybridized carbons (Fsp3) is 0.435. The van der Waals surface area contributed by atoms with Gasteiger partial charge in [0.25, 0.3) is 5.56 Å². The fourth-order valence-electron chi connectivity index (χ4n) is 3.94. The summed E-state index contributed by atoms with van der Waals surface area (Å²) in [4.78, 5) is 32.7. The fourth-order valence-corrected chi connectivity index (χ4v) is 6.01. The lowest BCUT2D eigenvalue weighted by atomic mass is 10.1. The maximum absolute atomic E-state index is 14.0. The number of thioether (sulfide) groups is 1. The van der Waals surface area contributed by atoms with E-state index in [-0.39, 0.29) is 17.4 Å². The zero-order valence-corrected chi connectivity index (χ0v) is 20.2. The first-order valence-electron chi connectivity index (χ1n) is 10.9. The summed E-state index contributed by atoms with van der Waals surface area (Å²) in [5.74, 6) is -1.89. The summed E-state index contributed by atoms with van der Waals surface area (Å²) >= 11 is 2.58. The minimum absolute atomic E-state index is 0.0865. The molecule has 3 heterocycles. The summed E-state index contributed by atoms with van der Waals surface area (Å²) in [6.07, 6.45) is 2.43. The second-order valence-electron chi connectivity index (χ2n) is 7.99. The maximum atomic E-state index is 14.0. The van der Waals surface area contributed by atoms with Crippen LogP contribution in [0.3, 0.4) is 0 Å². The molecular formula is C23H25F2N3O3S2. The van der Waals surface area contributed by atoms with Crippen LogP contribution < -0.4 is 10.9 Å². The Morgan fingerprint density at radius 1 is 1.42 bits per heavy atom. The van der Waals surface area contributed by atoms with Crippen LogP contribution in [0, 0.1) is 18.6 Å². The van der Waals surface area contributed by atoms with E-state index in [2.05, 4.69) is 5.32 Å². The summed E-state index contributed by atoms with van der Waals surface area (Å²) in [6.45, 7) is 6.65. The van der Waals surface area contributed by atoms with Crippen LogP contribution >= 0.6 is 23.1 Å². The van der Waals surface area contributed by atoms with Crippen molar-refractivity contribution >= 4 is 44.9 Å². The Balaban J connectivity index is 1.67. The Morgan fingerprint density at radius 2 is 2.21 bits per heavy atom. The van der Waals surface area contributed by atoms with Gasteiger partial charge in [-0.05, 0) is 50.8 Å².